The lowest BCUT2D eigenvalue weighted by atomic mass is 9.99. The number of Topliss-reactive ketones (excluding diaryl/α,β-unsaturated/α-hetero) is 1. The van der Waals surface area contributed by atoms with Crippen molar-refractivity contribution in [1.82, 2.24) is 5.32 Å². The Kier molecular flexibility index (Phi) is 28.3. The van der Waals surface area contributed by atoms with Gasteiger partial charge < -0.3 is 20.5 Å². The molecular formula is C36H70N2O5. The van der Waals surface area contributed by atoms with Gasteiger partial charge in [0, 0.05) is 19.4 Å². The van der Waals surface area contributed by atoms with Crippen molar-refractivity contribution in [3.8, 4) is 0 Å². The Morgan fingerprint density at radius 1 is 0.605 bits per heavy atom. The first-order valence-corrected chi connectivity index (χ1v) is 18.1. The molecule has 0 saturated heterocycles. The molecule has 0 aromatic heterocycles. The fraction of sp³-hybridized carbons (Fsp3) is 0.917. The number of esters is 2. The van der Waals surface area contributed by atoms with Gasteiger partial charge in [-0.25, -0.2) is 0 Å². The summed E-state index contributed by atoms with van der Waals surface area (Å²) in [6.45, 7) is 8.13. The average Bonchev–Trinajstić information content (AvgIpc) is 2.99. The fourth-order valence-corrected chi connectivity index (χ4v) is 5.23. The number of rotatable bonds is 32. The Morgan fingerprint density at radius 2 is 0.977 bits per heavy atom. The van der Waals surface area contributed by atoms with Gasteiger partial charge in [0.05, 0.1) is 12.1 Å². The number of hydrogen-bond acceptors (Lipinski definition) is 7. The number of carbonyl (C=O) groups excluding carboxylic acids is 3. The van der Waals surface area contributed by atoms with E-state index in [2.05, 4.69) is 19.2 Å². The van der Waals surface area contributed by atoms with E-state index in [4.69, 9.17) is 15.2 Å². The first kappa shape index (κ1) is 41.5. The van der Waals surface area contributed by atoms with Crippen molar-refractivity contribution in [2.75, 3.05) is 19.7 Å². The first-order chi connectivity index (χ1) is 20.8. The molecule has 1 unspecified atom stereocenters. The number of carbonyl (C=O) groups is 3. The van der Waals surface area contributed by atoms with Crippen LogP contribution in [0.2, 0.25) is 0 Å². The normalized spacial score (nSPS) is 12.3. The summed E-state index contributed by atoms with van der Waals surface area (Å²) in [5.41, 5.74) is 4.69. The summed E-state index contributed by atoms with van der Waals surface area (Å²) in [5, 5.41) is 3.14. The molecule has 0 saturated carbocycles. The SMILES string of the molecule is CCCCCCCCCCCCCC(=O)OCC(CNC(C)(C)C(=O)CN)OC(=O)CCCCCCCCCCCCC. The third kappa shape index (κ3) is 26.6. The Balaban J connectivity index is 4.29. The molecule has 43 heavy (non-hydrogen) atoms. The van der Waals surface area contributed by atoms with Crippen molar-refractivity contribution in [2.45, 2.75) is 193 Å². The van der Waals surface area contributed by atoms with E-state index in [0.717, 1.165) is 38.5 Å². The summed E-state index contributed by atoms with van der Waals surface area (Å²) in [6.07, 6.45) is 27.0. The van der Waals surface area contributed by atoms with Crippen molar-refractivity contribution >= 4 is 17.7 Å². The van der Waals surface area contributed by atoms with Crippen LogP contribution in [0.1, 0.15) is 182 Å². The highest BCUT2D eigenvalue weighted by Crippen LogP contribution is 2.14. The lowest BCUT2D eigenvalue weighted by Crippen LogP contribution is -2.52. The Bertz CT molecular complexity index is 683. The van der Waals surface area contributed by atoms with E-state index in [-0.39, 0.29) is 37.4 Å². The van der Waals surface area contributed by atoms with E-state index in [0.29, 0.717) is 12.8 Å². The van der Waals surface area contributed by atoms with Crippen molar-refractivity contribution < 1.29 is 23.9 Å². The van der Waals surface area contributed by atoms with E-state index in [1.165, 1.54) is 103 Å². The van der Waals surface area contributed by atoms with Crippen molar-refractivity contribution in [3.63, 3.8) is 0 Å². The topological polar surface area (TPSA) is 108 Å². The molecule has 7 heteroatoms. The zero-order valence-corrected chi connectivity index (χ0v) is 28.8. The average molecular weight is 611 g/mol. The maximum Gasteiger partial charge on any atom is 0.306 e. The second kappa shape index (κ2) is 29.3. The lowest BCUT2D eigenvalue weighted by Gasteiger charge is -2.27. The van der Waals surface area contributed by atoms with Crippen LogP contribution in [0.15, 0.2) is 0 Å². The molecule has 0 aromatic carbocycles. The Labute approximate surface area is 265 Å². The minimum Gasteiger partial charge on any atom is -0.462 e. The van der Waals surface area contributed by atoms with E-state index in [1.807, 2.05) is 0 Å². The van der Waals surface area contributed by atoms with Crippen LogP contribution < -0.4 is 11.1 Å². The van der Waals surface area contributed by atoms with Crippen LogP contribution in [-0.4, -0.2) is 49.1 Å². The van der Waals surface area contributed by atoms with Gasteiger partial charge in [-0.1, -0.05) is 142 Å². The molecule has 0 bridgehead atoms. The molecule has 0 aliphatic heterocycles. The van der Waals surface area contributed by atoms with Crippen molar-refractivity contribution in [2.24, 2.45) is 5.73 Å². The maximum absolute atomic E-state index is 12.6. The summed E-state index contributed by atoms with van der Waals surface area (Å²) in [7, 11) is 0. The predicted octanol–water partition coefficient (Wildman–Crippen LogP) is 8.74. The van der Waals surface area contributed by atoms with Gasteiger partial charge in [-0.05, 0) is 26.7 Å². The molecular weight excluding hydrogens is 540 g/mol. The predicted molar refractivity (Wildman–Crippen MR) is 179 cm³/mol. The molecule has 0 heterocycles. The number of unbranched alkanes of at least 4 members (excludes halogenated alkanes) is 20. The quantitative estimate of drug-likeness (QED) is 0.0579. The maximum atomic E-state index is 12.6. The molecule has 0 spiro atoms. The Hall–Kier alpha value is -1.47. The monoisotopic (exact) mass is 611 g/mol. The smallest absolute Gasteiger partial charge is 0.306 e. The van der Waals surface area contributed by atoms with Crippen LogP contribution >= 0.6 is 0 Å². The third-order valence-electron chi connectivity index (χ3n) is 8.35. The third-order valence-corrected chi connectivity index (χ3v) is 8.35. The van der Waals surface area contributed by atoms with Gasteiger partial charge in [0.2, 0.25) is 0 Å². The molecule has 0 aliphatic carbocycles. The van der Waals surface area contributed by atoms with Crippen LogP contribution in [0.4, 0.5) is 0 Å². The highest BCUT2D eigenvalue weighted by atomic mass is 16.6. The van der Waals surface area contributed by atoms with Gasteiger partial charge in [-0.3, -0.25) is 14.4 Å². The molecule has 0 fully saturated rings. The standard InChI is InChI=1S/C36H70N2O5/c1-5-7-9-11-13-15-17-19-21-23-25-27-34(40)42-31-32(30-38-36(3,4)33(39)29-37)43-35(41)28-26-24-22-20-18-16-14-12-10-8-6-2/h32,38H,5-31,37H2,1-4H3. The van der Waals surface area contributed by atoms with Crippen LogP contribution in [0.25, 0.3) is 0 Å². The molecule has 3 N–H and O–H groups in total. The van der Waals surface area contributed by atoms with Crippen molar-refractivity contribution in [1.29, 1.82) is 0 Å². The molecule has 0 aliphatic rings. The number of ketones is 1. The van der Waals surface area contributed by atoms with Gasteiger partial charge in [-0.2, -0.15) is 0 Å². The summed E-state index contributed by atoms with van der Waals surface area (Å²) in [5.74, 6) is -0.682. The van der Waals surface area contributed by atoms with E-state index in [1.54, 1.807) is 13.8 Å². The Morgan fingerprint density at radius 3 is 1.37 bits per heavy atom. The summed E-state index contributed by atoms with van der Waals surface area (Å²) >= 11 is 0. The molecule has 254 valence electrons. The molecule has 0 aromatic rings. The van der Waals surface area contributed by atoms with Gasteiger partial charge >= 0.3 is 11.9 Å². The van der Waals surface area contributed by atoms with Gasteiger partial charge in [-0.15, -0.1) is 0 Å². The van der Waals surface area contributed by atoms with Gasteiger partial charge in [0.25, 0.3) is 0 Å². The van der Waals surface area contributed by atoms with Gasteiger partial charge in [0.15, 0.2) is 5.78 Å². The largest absolute Gasteiger partial charge is 0.462 e. The number of nitrogens with one attached hydrogen (secondary N) is 1. The molecule has 0 rings (SSSR count). The number of ether oxygens (including phenoxy) is 2. The minimum absolute atomic E-state index is 0.0131. The summed E-state index contributed by atoms with van der Waals surface area (Å²) < 4.78 is 11.2. The van der Waals surface area contributed by atoms with Crippen LogP contribution in [0.3, 0.4) is 0 Å². The highest BCUT2D eigenvalue weighted by Gasteiger charge is 2.28. The molecule has 0 amide bonds. The van der Waals surface area contributed by atoms with Crippen LogP contribution in [0, 0.1) is 0 Å². The van der Waals surface area contributed by atoms with E-state index < -0.39 is 11.6 Å². The number of nitrogens with two attached hydrogens (primary N) is 1. The van der Waals surface area contributed by atoms with E-state index >= 15 is 0 Å². The minimum atomic E-state index is -0.852. The summed E-state index contributed by atoms with van der Waals surface area (Å²) in [4.78, 5) is 37.1. The molecule has 1 atom stereocenters. The summed E-state index contributed by atoms with van der Waals surface area (Å²) in [6, 6.07) is 0. The van der Waals surface area contributed by atoms with Crippen LogP contribution in [-0.2, 0) is 23.9 Å². The zero-order valence-electron chi connectivity index (χ0n) is 28.8. The molecule has 7 nitrogen and oxygen atoms in total. The zero-order chi connectivity index (χ0) is 32.0. The first-order valence-electron chi connectivity index (χ1n) is 18.1. The lowest BCUT2D eigenvalue weighted by molar-refractivity contribution is -0.159. The second-order valence-corrected chi connectivity index (χ2v) is 13.0. The number of hydrogen-bond donors (Lipinski definition) is 2. The van der Waals surface area contributed by atoms with Crippen LogP contribution in [0.5, 0.6) is 0 Å². The van der Waals surface area contributed by atoms with Gasteiger partial charge in [0.1, 0.15) is 12.7 Å². The highest BCUT2D eigenvalue weighted by molar-refractivity contribution is 5.89. The second-order valence-electron chi connectivity index (χ2n) is 13.0. The fourth-order valence-electron chi connectivity index (χ4n) is 5.23. The van der Waals surface area contributed by atoms with E-state index in [9.17, 15) is 14.4 Å². The van der Waals surface area contributed by atoms with Crippen molar-refractivity contribution in [3.05, 3.63) is 0 Å². The molecule has 0 radical (unpaired) electrons.